The van der Waals surface area contributed by atoms with Gasteiger partial charge in [0, 0.05) is 7.05 Å². The lowest BCUT2D eigenvalue weighted by molar-refractivity contribution is -0.141. The van der Waals surface area contributed by atoms with E-state index >= 15 is 0 Å². The van der Waals surface area contributed by atoms with E-state index in [0.717, 1.165) is 0 Å². The second-order valence-electron chi connectivity index (χ2n) is 1.43. The highest BCUT2D eigenvalue weighted by atomic mass is 16.5. The molecular weight excluding hydrogens is 134 g/mol. The van der Waals surface area contributed by atoms with Crippen LogP contribution in [0.1, 0.15) is 6.92 Å². The van der Waals surface area contributed by atoms with Crippen LogP contribution in [0.4, 0.5) is 0 Å². The number of nitrogens with zero attached hydrogens (tertiary/aromatic N) is 2. The van der Waals surface area contributed by atoms with E-state index in [4.69, 9.17) is 0 Å². The van der Waals surface area contributed by atoms with Crippen LogP contribution in [-0.4, -0.2) is 26.2 Å². The van der Waals surface area contributed by atoms with Gasteiger partial charge in [0.25, 0.3) is 0 Å². The van der Waals surface area contributed by atoms with Crippen LogP contribution in [0.3, 0.4) is 0 Å². The first-order chi connectivity index (χ1) is 4.81. The normalized spacial score (nSPS) is 9.80. The zero-order chi connectivity index (χ0) is 7.82. The monoisotopic (exact) mass is 145 g/mol. The molecule has 0 spiro atoms. The summed E-state index contributed by atoms with van der Waals surface area (Å²) in [5.41, 5.74) is 2.42. The molecule has 0 heterocycles. The molecule has 58 valence electrons. The van der Waals surface area contributed by atoms with E-state index in [2.05, 4.69) is 20.5 Å². The number of hydrogen-bond acceptors (Lipinski definition) is 4. The van der Waals surface area contributed by atoms with Crippen LogP contribution in [0.25, 0.3) is 0 Å². The predicted octanol–water partition coefficient (Wildman–Crippen LogP) is 0.136. The molecule has 0 aliphatic rings. The highest BCUT2D eigenvalue weighted by molar-refractivity contribution is 5.71. The molecule has 10 heavy (non-hydrogen) atoms. The Bertz CT molecular complexity index is 124. The number of rotatable bonds is 4. The number of carbonyl (C=O) groups excluding carboxylic acids is 1. The maximum Gasteiger partial charge on any atom is 0.329 e. The fourth-order valence-corrected chi connectivity index (χ4v) is 0.370. The third-order valence-electron chi connectivity index (χ3n) is 0.676. The molecule has 0 amide bonds. The summed E-state index contributed by atoms with van der Waals surface area (Å²) in [6.07, 6.45) is 0. The molecule has 0 saturated heterocycles. The second-order valence-corrected chi connectivity index (χ2v) is 1.43. The Morgan fingerprint density at radius 2 is 2.40 bits per heavy atom. The maximum atomic E-state index is 10.5. The molecule has 0 aliphatic carbocycles. The van der Waals surface area contributed by atoms with Gasteiger partial charge in [-0.15, -0.1) is 0 Å². The summed E-state index contributed by atoms with van der Waals surface area (Å²) in [6, 6.07) is 0. The van der Waals surface area contributed by atoms with E-state index < -0.39 is 0 Å². The van der Waals surface area contributed by atoms with Crippen molar-refractivity contribution in [3.63, 3.8) is 0 Å². The molecule has 5 heteroatoms. The van der Waals surface area contributed by atoms with Gasteiger partial charge in [-0.05, 0) is 6.92 Å². The van der Waals surface area contributed by atoms with E-state index in [0.29, 0.717) is 6.61 Å². The smallest absolute Gasteiger partial charge is 0.329 e. The quantitative estimate of drug-likeness (QED) is 0.347. The van der Waals surface area contributed by atoms with Crippen molar-refractivity contribution in [2.45, 2.75) is 6.92 Å². The molecule has 0 atom stereocenters. The summed E-state index contributed by atoms with van der Waals surface area (Å²) in [5, 5.41) is 6.82. The summed E-state index contributed by atoms with van der Waals surface area (Å²) < 4.78 is 4.57. The van der Waals surface area contributed by atoms with Gasteiger partial charge >= 0.3 is 5.97 Å². The molecule has 0 aromatic heterocycles. The average Bonchev–Trinajstić information content (AvgIpc) is 1.89. The summed E-state index contributed by atoms with van der Waals surface area (Å²) in [5.74, 6) is -0.360. The number of nitrogens with one attached hydrogen (secondary N) is 1. The van der Waals surface area contributed by atoms with E-state index in [9.17, 15) is 4.79 Å². The molecule has 0 fully saturated rings. The number of carbonyl (C=O) groups is 1. The Morgan fingerprint density at radius 3 is 2.90 bits per heavy atom. The first-order valence-corrected chi connectivity index (χ1v) is 3.00. The summed E-state index contributed by atoms with van der Waals surface area (Å²) >= 11 is 0. The number of hydrogen-bond donors (Lipinski definition) is 1. The Hall–Kier alpha value is -1.13. The van der Waals surface area contributed by atoms with E-state index in [1.807, 2.05) is 0 Å². The fourth-order valence-electron chi connectivity index (χ4n) is 0.370. The van der Waals surface area contributed by atoms with Gasteiger partial charge in [0.2, 0.25) is 0 Å². The molecule has 0 aliphatic heterocycles. The van der Waals surface area contributed by atoms with Gasteiger partial charge < -0.3 is 4.74 Å². The zero-order valence-electron chi connectivity index (χ0n) is 6.13. The molecule has 0 unspecified atom stereocenters. The molecule has 5 nitrogen and oxygen atoms in total. The SMILES string of the molecule is CCOC(=O)CN=NNC. The summed E-state index contributed by atoms with van der Waals surface area (Å²) in [7, 11) is 1.61. The van der Waals surface area contributed by atoms with Crippen LogP contribution in [0.2, 0.25) is 0 Å². The standard InChI is InChI=1S/C5H11N3O2/c1-3-10-5(9)4-7-8-6-2/h3-4H2,1-2H3,(H,6,7). The van der Waals surface area contributed by atoms with Crippen LogP contribution in [0.15, 0.2) is 10.3 Å². The van der Waals surface area contributed by atoms with Gasteiger partial charge in [-0.1, -0.05) is 5.22 Å². The van der Waals surface area contributed by atoms with Crippen LogP contribution >= 0.6 is 0 Å². The highest BCUT2D eigenvalue weighted by Gasteiger charge is 1.96. The lowest BCUT2D eigenvalue weighted by Crippen LogP contribution is -2.07. The lowest BCUT2D eigenvalue weighted by atomic mass is 10.7. The summed E-state index contributed by atoms with van der Waals surface area (Å²) in [4.78, 5) is 10.5. The Morgan fingerprint density at radius 1 is 1.70 bits per heavy atom. The molecule has 0 bridgehead atoms. The van der Waals surface area contributed by atoms with Crippen molar-refractivity contribution in [3.8, 4) is 0 Å². The van der Waals surface area contributed by atoms with Crippen LogP contribution < -0.4 is 5.43 Å². The Labute approximate surface area is 59.4 Å². The largest absolute Gasteiger partial charge is 0.465 e. The molecule has 1 N–H and O–H groups in total. The van der Waals surface area contributed by atoms with Gasteiger partial charge in [0.05, 0.1) is 6.61 Å². The van der Waals surface area contributed by atoms with Gasteiger partial charge in [0.15, 0.2) is 6.54 Å². The predicted molar refractivity (Wildman–Crippen MR) is 35.4 cm³/mol. The lowest BCUT2D eigenvalue weighted by Gasteiger charge is -1.94. The van der Waals surface area contributed by atoms with E-state index in [-0.39, 0.29) is 12.5 Å². The minimum atomic E-state index is -0.360. The van der Waals surface area contributed by atoms with Gasteiger partial charge in [-0.2, -0.15) is 5.11 Å². The second kappa shape index (κ2) is 6.00. The van der Waals surface area contributed by atoms with E-state index in [1.54, 1.807) is 14.0 Å². The van der Waals surface area contributed by atoms with Crippen LogP contribution in [0.5, 0.6) is 0 Å². The first-order valence-electron chi connectivity index (χ1n) is 3.00. The third kappa shape index (κ3) is 5.02. The van der Waals surface area contributed by atoms with Gasteiger partial charge in [-0.3, -0.25) is 5.43 Å². The molecular formula is C5H11N3O2. The van der Waals surface area contributed by atoms with Gasteiger partial charge in [0.1, 0.15) is 0 Å². The minimum Gasteiger partial charge on any atom is -0.465 e. The van der Waals surface area contributed by atoms with Crippen LogP contribution in [0, 0.1) is 0 Å². The van der Waals surface area contributed by atoms with Crippen molar-refractivity contribution in [3.05, 3.63) is 0 Å². The topological polar surface area (TPSA) is 63.0 Å². The maximum absolute atomic E-state index is 10.5. The highest BCUT2D eigenvalue weighted by Crippen LogP contribution is 1.78. The number of ether oxygens (including phenoxy) is 1. The van der Waals surface area contributed by atoms with Gasteiger partial charge in [-0.25, -0.2) is 4.79 Å². The Balaban J connectivity index is 3.30. The fraction of sp³-hybridized carbons (Fsp3) is 0.800. The zero-order valence-corrected chi connectivity index (χ0v) is 6.13. The van der Waals surface area contributed by atoms with Crippen molar-refractivity contribution >= 4 is 5.97 Å². The summed E-state index contributed by atoms with van der Waals surface area (Å²) in [6.45, 7) is 2.11. The van der Waals surface area contributed by atoms with Crippen molar-refractivity contribution < 1.29 is 9.53 Å². The molecule has 0 aromatic carbocycles. The molecule has 0 aromatic rings. The van der Waals surface area contributed by atoms with Crippen LogP contribution in [-0.2, 0) is 9.53 Å². The van der Waals surface area contributed by atoms with Crippen molar-refractivity contribution in [1.29, 1.82) is 0 Å². The molecule has 0 saturated carbocycles. The van der Waals surface area contributed by atoms with Crippen molar-refractivity contribution in [1.82, 2.24) is 5.43 Å². The first kappa shape index (κ1) is 8.87. The Kier molecular flexibility index (Phi) is 5.32. The molecule has 0 radical (unpaired) electrons. The number of esters is 1. The van der Waals surface area contributed by atoms with Crippen molar-refractivity contribution in [2.75, 3.05) is 20.2 Å². The molecule has 0 rings (SSSR count). The minimum absolute atomic E-state index is 0.0192. The van der Waals surface area contributed by atoms with E-state index in [1.165, 1.54) is 0 Å². The third-order valence-corrected chi connectivity index (χ3v) is 0.676. The average molecular weight is 145 g/mol. The van der Waals surface area contributed by atoms with Crippen molar-refractivity contribution in [2.24, 2.45) is 10.3 Å².